The largest absolute Gasteiger partial charge is 0.381 e. The van der Waals surface area contributed by atoms with E-state index in [0.717, 1.165) is 29.8 Å². The van der Waals surface area contributed by atoms with Crippen LogP contribution < -0.4 is 10.6 Å². The van der Waals surface area contributed by atoms with Gasteiger partial charge < -0.3 is 10.1 Å². The van der Waals surface area contributed by atoms with E-state index in [0.29, 0.717) is 31.3 Å². The molecule has 1 aromatic heterocycles. The van der Waals surface area contributed by atoms with Crippen LogP contribution in [0.1, 0.15) is 19.0 Å². The number of aromatic nitrogens is 2. The van der Waals surface area contributed by atoms with Crippen LogP contribution in [0.2, 0.25) is 0 Å². The molecule has 1 aliphatic heterocycles. The average molecular weight is 346 g/mol. The molecule has 7 heteroatoms. The zero-order chi connectivity index (χ0) is 17.8. The van der Waals surface area contributed by atoms with Crippen LogP contribution in [0, 0.1) is 11.7 Å². The zero-order valence-corrected chi connectivity index (χ0v) is 14.5. The lowest BCUT2D eigenvalue weighted by molar-refractivity contribution is 0.185. The molecule has 0 spiro atoms. The number of hydrogen-bond donors (Lipinski definition) is 2. The van der Waals surface area contributed by atoms with Crippen molar-refractivity contribution < 1.29 is 13.9 Å². The van der Waals surface area contributed by atoms with Gasteiger partial charge in [-0.1, -0.05) is 19.1 Å². The molecule has 134 valence electrons. The van der Waals surface area contributed by atoms with Gasteiger partial charge in [-0.2, -0.15) is 5.10 Å². The minimum Gasteiger partial charge on any atom is -0.381 e. The molecule has 3 rings (SSSR count). The van der Waals surface area contributed by atoms with Crippen LogP contribution in [-0.2, 0) is 18.2 Å². The summed E-state index contributed by atoms with van der Waals surface area (Å²) in [5.74, 6) is 0.667. The third-order valence-electron chi connectivity index (χ3n) is 4.39. The minimum atomic E-state index is -0.295. The minimum absolute atomic E-state index is 0.277. The van der Waals surface area contributed by atoms with Crippen molar-refractivity contribution in [1.82, 2.24) is 15.1 Å². The Morgan fingerprint density at radius 3 is 2.80 bits per heavy atom. The number of halogens is 1. The molecule has 1 saturated heterocycles. The van der Waals surface area contributed by atoms with Gasteiger partial charge in [0.2, 0.25) is 0 Å². The number of nitrogens with one attached hydrogen (secondary N) is 2. The fourth-order valence-corrected chi connectivity index (χ4v) is 3.02. The molecule has 0 aliphatic carbocycles. The summed E-state index contributed by atoms with van der Waals surface area (Å²) in [5, 5.41) is 10.2. The van der Waals surface area contributed by atoms with Crippen molar-refractivity contribution in [3.8, 4) is 11.1 Å². The molecule has 1 atom stereocenters. The zero-order valence-electron chi connectivity index (χ0n) is 14.5. The molecular formula is C18H23FN4O2. The monoisotopic (exact) mass is 346 g/mol. The van der Waals surface area contributed by atoms with E-state index in [2.05, 4.69) is 15.7 Å². The Bertz CT molecular complexity index is 736. The highest BCUT2D eigenvalue weighted by Gasteiger charge is 2.20. The first kappa shape index (κ1) is 17.4. The number of nitrogens with zero attached hydrogens (tertiary/aromatic N) is 2. The summed E-state index contributed by atoms with van der Waals surface area (Å²) in [6.45, 7) is 4.02. The van der Waals surface area contributed by atoms with Crippen molar-refractivity contribution >= 4 is 11.8 Å². The molecule has 0 radical (unpaired) electrons. The summed E-state index contributed by atoms with van der Waals surface area (Å²) in [4.78, 5) is 12.3. The van der Waals surface area contributed by atoms with Crippen LogP contribution in [0.5, 0.6) is 0 Å². The van der Waals surface area contributed by atoms with Crippen molar-refractivity contribution in [1.29, 1.82) is 0 Å². The van der Waals surface area contributed by atoms with Gasteiger partial charge in [-0.05, 0) is 30.5 Å². The van der Waals surface area contributed by atoms with Crippen molar-refractivity contribution in [3.63, 3.8) is 0 Å². The number of benzene rings is 1. The maximum atomic E-state index is 13.2. The Labute approximate surface area is 146 Å². The first-order chi connectivity index (χ1) is 12.1. The number of urea groups is 1. The second kappa shape index (κ2) is 7.65. The van der Waals surface area contributed by atoms with Gasteiger partial charge in [-0.15, -0.1) is 0 Å². The molecular weight excluding hydrogens is 323 g/mol. The highest BCUT2D eigenvalue weighted by Crippen LogP contribution is 2.32. The second-order valence-corrected chi connectivity index (χ2v) is 6.22. The number of amides is 2. The highest BCUT2D eigenvalue weighted by molar-refractivity contribution is 5.93. The van der Waals surface area contributed by atoms with E-state index >= 15 is 0 Å². The molecule has 1 aromatic carbocycles. The van der Waals surface area contributed by atoms with Gasteiger partial charge in [0, 0.05) is 31.7 Å². The molecule has 0 saturated carbocycles. The standard InChI is InChI=1S/C18H23FN4O2/c1-3-15-16(13-4-6-14(19)7-5-13)17(23(2)22-15)21-18(24)20-10-12-8-9-25-11-12/h4-7,12H,3,8-11H2,1-2H3,(H2,20,21,24)/t12-/m0/s1. The summed E-state index contributed by atoms with van der Waals surface area (Å²) < 4.78 is 20.2. The first-order valence-electron chi connectivity index (χ1n) is 8.53. The van der Waals surface area contributed by atoms with Crippen LogP contribution in [0.25, 0.3) is 11.1 Å². The van der Waals surface area contributed by atoms with Crippen molar-refractivity contribution in [2.24, 2.45) is 13.0 Å². The summed E-state index contributed by atoms with van der Waals surface area (Å²) in [6, 6.07) is 5.94. The molecule has 2 aromatic rings. The summed E-state index contributed by atoms with van der Waals surface area (Å²) >= 11 is 0. The first-order valence-corrected chi connectivity index (χ1v) is 8.53. The Kier molecular flexibility index (Phi) is 5.33. The van der Waals surface area contributed by atoms with Gasteiger partial charge in [0.25, 0.3) is 0 Å². The van der Waals surface area contributed by atoms with E-state index in [1.165, 1.54) is 12.1 Å². The molecule has 2 amide bonds. The lowest BCUT2D eigenvalue weighted by Crippen LogP contribution is -2.34. The number of anilines is 1. The van der Waals surface area contributed by atoms with E-state index in [1.807, 2.05) is 6.92 Å². The Balaban J connectivity index is 1.78. The lowest BCUT2D eigenvalue weighted by atomic mass is 10.0. The predicted molar refractivity (Wildman–Crippen MR) is 93.9 cm³/mol. The SMILES string of the molecule is CCc1nn(C)c(NC(=O)NC[C@@H]2CCOC2)c1-c1ccc(F)cc1. The van der Waals surface area contributed by atoms with Crippen molar-refractivity contribution in [2.75, 3.05) is 25.1 Å². The van der Waals surface area contributed by atoms with Gasteiger partial charge in [-0.25, -0.2) is 9.18 Å². The van der Waals surface area contributed by atoms with E-state index in [9.17, 15) is 9.18 Å². The van der Waals surface area contributed by atoms with Crippen LogP contribution in [0.3, 0.4) is 0 Å². The van der Waals surface area contributed by atoms with Gasteiger partial charge >= 0.3 is 6.03 Å². The van der Waals surface area contributed by atoms with E-state index < -0.39 is 0 Å². The maximum Gasteiger partial charge on any atom is 0.320 e. The lowest BCUT2D eigenvalue weighted by Gasteiger charge is -2.12. The summed E-state index contributed by atoms with van der Waals surface area (Å²) in [5.41, 5.74) is 2.50. The third kappa shape index (κ3) is 3.99. The Morgan fingerprint density at radius 1 is 1.40 bits per heavy atom. The molecule has 25 heavy (non-hydrogen) atoms. The van der Waals surface area contributed by atoms with Gasteiger partial charge in [-0.3, -0.25) is 10.00 Å². The fourth-order valence-electron chi connectivity index (χ4n) is 3.02. The van der Waals surface area contributed by atoms with E-state index in [1.54, 1.807) is 23.9 Å². The van der Waals surface area contributed by atoms with Gasteiger partial charge in [0.15, 0.2) is 0 Å². The maximum absolute atomic E-state index is 13.2. The molecule has 2 heterocycles. The number of carbonyl (C=O) groups excluding carboxylic acids is 1. The van der Waals surface area contributed by atoms with Crippen LogP contribution in [0.15, 0.2) is 24.3 Å². The number of aryl methyl sites for hydroxylation is 2. The van der Waals surface area contributed by atoms with Gasteiger partial charge in [0.05, 0.1) is 12.3 Å². The number of ether oxygens (including phenoxy) is 1. The van der Waals surface area contributed by atoms with Crippen LogP contribution in [-0.4, -0.2) is 35.6 Å². The molecule has 0 bridgehead atoms. The van der Waals surface area contributed by atoms with Crippen molar-refractivity contribution in [2.45, 2.75) is 19.8 Å². The topological polar surface area (TPSA) is 68.2 Å². The fraction of sp³-hybridized carbons (Fsp3) is 0.444. The van der Waals surface area contributed by atoms with Crippen molar-refractivity contribution in [3.05, 3.63) is 35.8 Å². The predicted octanol–water partition coefficient (Wildman–Crippen LogP) is 2.95. The number of rotatable bonds is 5. The highest BCUT2D eigenvalue weighted by atomic mass is 19.1. The van der Waals surface area contributed by atoms with Gasteiger partial charge in [0.1, 0.15) is 11.6 Å². The van der Waals surface area contributed by atoms with E-state index in [4.69, 9.17) is 4.74 Å². The smallest absolute Gasteiger partial charge is 0.320 e. The third-order valence-corrected chi connectivity index (χ3v) is 4.39. The summed E-state index contributed by atoms with van der Waals surface area (Å²) in [6.07, 6.45) is 1.68. The normalized spacial score (nSPS) is 16.8. The molecule has 1 aliphatic rings. The Hall–Kier alpha value is -2.41. The summed E-state index contributed by atoms with van der Waals surface area (Å²) in [7, 11) is 1.78. The average Bonchev–Trinajstić information content (AvgIpc) is 3.22. The molecule has 0 unspecified atom stereocenters. The second-order valence-electron chi connectivity index (χ2n) is 6.22. The Morgan fingerprint density at radius 2 is 2.16 bits per heavy atom. The molecule has 2 N–H and O–H groups in total. The van der Waals surface area contributed by atoms with Crippen LogP contribution >= 0.6 is 0 Å². The van der Waals surface area contributed by atoms with Crippen LogP contribution in [0.4, 0.5) is 15.0 Å². The molecule has 1 fully saturated rings. The van der Waals surface area contributed by atoms with E-state index in [-0.39, 0.29) is 11.8 Å². The number of carbonyl (C=O) groups is 1. The molecule has 6 nitrogen and oxygen atoms in total. The quantitative estimate of drug-likeness (QED) is 0.875. The number of hydrogen-bond acceptors (Lipinski definition) is 3.